The molecule has 20 heavy (non-hydrogen) atoms. The average Bonchev–Trinajstić information content (AvgIpc) is 3.20. The van der Waals surface area contributed by atoms with Crippen LogP contribution in [0.25, 0.3) is 0 Å². The fraction of sp³-hybridized carbons (Fsp3) is 1.00. The predicted molar refractivity (Wildman–Crippen MR) is 80.3 cm³/mol. The molecule has 0 aliphatic heterocycles. The number of hydrogen-bond donors (Lipinski definition) is 0. The maximum atomic E-state index is 6.30. The lowest BCUT2D eigenvalue weighted by atomic mass is 9.64. The fourth-order valence-electron chi connectivity index (χ4n) is 7.83. The Hall–Kier alpha value is -0.0400. The van der Waals surface area contributed by atoms with Crippen molar-refractivity contribution in [1.29, 1.82) is 0 Å². The first kappa shape index (κ1) is 12.5. The summed E-state index contributed by atoms with van der Waals surface area (Å²) in [6, 6.07) is 0. The molecule has 0 aromatic rings. The summed E-state index contributed by atoms with van der Waals surface area (Å²) in [6.07, 6.45) is 12.5. The number of fused-ring (bicyclic) bond motifs is 12. The Kier molecular flexibility index (Phi) is 2.80. The molecule has 0 amide bonds. The van der Waals surface area contributed by atoms with Crippen molar-refractivity contribution in [1.82, 2.24) is 0 Å². The Morgan fingerprint density at radius 3 is 2.45 bits per heavy atom. The van der Waals surface area contributed by atoms with E-state index in [1.165, 1.54) is 25.2 Å². The zero-order valence-corrected chi connectivity index (χ0v) is 13.0. The Bertz CT molecular complexity index is 391. The third kappa shape index (κ3) is 1.49. The molecule has 9 unspecified atom stereocenters. The minimum absolute atomic E-state index is 0.659. The van der Waals surface area contributed by atoms with E-state index in [-0.39, 0.29) is 0 Å². The van der Waals surface area contributed by atoms with Crippen LogP contribution < -0.4 is 0 Å². The van der Waals surface area contributed by atoms with E-state index < -0.39 is 0 Å². The molecule has 5 rings (SSSR count). The van der Waals surface area contributed by atoms with Gasteiger partial charge in [0.25, 0.3) is 0 Å². The molecule has 5 saturated carbocycles. The average molecular weight is 274 g/mol. The van der Waals surface area contributed by atoms with Crippen molar-refractivity contribution in [2.75, 3.05) is 6.61 Å². The first-order chi connectivity index (χ1) is 9.88. The lowest BCUT2D eigenvalue weighted by molar-refractivity contribution is -0.0436. The quantitative estimate of drug-likeness (QED) is 0.541. The molecule has 5 fully saturated rings. The Balaban J connectivity index is 1.34. The minimum Gasteiger partial charge on any atom is -0.378 e. The molecular weight excluding hydrogens is 244 g/mol. The SMILES string of the molecule is CCCCOC1CC2CC1C1C3CC(C4CCCC43)C21. The van der Waals surface area contributed by atoms with E-state index in [2.05, 4.69) is 6.92 Å². The Labute approximate surface area is 123 Å². The van der Waals surface area contributed by atoms with Gasteiger partial charge in [-0.2, -0.15) is 0 Å². The topological polar surface area (TPSA) is 9.23 Å². The molecule has 0 aromatic carbocycles. The maximum absolute atomic E-state index is 6.30. The van der Waals surface area contributed by atoms with Gasteiger partial charge < -0.3 is 4.74 Å². The van der Waals surface area contributed by atoms with Gasteiger partial charge in [0.15, 0.2) is 0 Å². The smallest absolute Gasteiger partial charge is 0.0609 e. The zero-order valence-electron chi connectivity index (χ0n) is 13.0. The summed E-state index contributed by atoms with van der Waals surface area (Å²) in [5, 5.41) is 0. The van der Waals surface area contributed by atoms with E-state index in [0.29, 0.717) is 6.10 Å². The molecule has 4 bridgehead atoms. The van der Waals surface area contributed by atoms with Crippen molar-refractivity contribution < 1.29 is 4.74 Å². The Morgan fingerprint density at radius 2 is 1.65 bits per heavy atom. The zero-order chi connectivity index (χ0) is 13.3. The Morgan fingerprint density at radius 1 is 0.850 bits per heavy atom. The number of rotatable bonds is 4. The second-order valence-corrected chi connectivity index (χ2v) is 8.63. The van der Waals surface area contributed by atoms with Crippen LogP contribution in [0.2, 0.25) is 0 Å². The monoisotopic (exact) mass is 274 g/mol. The molecule has 0 N–H and O–H groups in total. The molecule has 112 valence electrons. The van der Waals surface area contributed by atoms with Crippen LogP contribution in [0, 0.1) is 47.3 Å². The molecule has 0 radical (unpaired) electrons. The lowest BCUT2D eigenvalue weighted by Crippen LogP contribution is -2.41. The van der Waals surface area contributed by atoms with Crippen molar-refractivity contribution in [2.45, 2.75) is 64.4 Å². The summed E-state index contributed by atoms with van der Waals surface area (Å²) in [7, 11) is 0. The normalized spacial score (nSPS) is 58.4. The molecule has 0 heterocycles. The first-order valence-corrected chi connectivity index (χ1v) is 9.50. The van der Waals surface area contributed by atoms with Gasteiger partial charge in [-0.25, -0.2) is 0 Å². The fourth-order valence-corrected chi connectivity index (χ4v) is 7.83. The van der Waals surface area contributed by atoms with Gasteiger partial charge in [-0.1, -0.05) is 19.8 Å². The van der Waals surface area contributed by atoms with Crippen molar-refractivity contribution >= 4 is 0 Å². The van der Waals surface area contributed by atoms with Crippen LogP contribution in [0.3, 0.4) is 0 Å². The van der Waals surface area contributed by atoms with Crippen LogP contribution in [0.1, 0.15) is 58.3 Å². The molecule has 0 spiro atoms. The van der Waals surface area contributed by atoms with Crippen LogP contribution >= 0.6 is 0 Å². The van der Waals surface area contributed by atoms with Crippen molar-refractivity contribution in [2.24, 2.45) is 47.3 Å². The highest BCUT2D eigenvalue weighted by molar-refractivity contribution is 5.16. The molecular formula is C19H30O. The van der Waals surface area contributed by atoms with Crippen LogP contribution in [0.15, 0.2) is 0 Å². The molecule has 1 heteroatoms. The lowest BCUT2D eigenvalue weighted by Gasteiger charge is -2.43. The summed E-state index contributed by atoms with van der Waals surface area (Å²) in [4.78, 5) is 0. The van der Waals surface area contributed by atoms with E-state index in [1.54, 1.807) is 32.1 Å². The molecule has 5 aliphatic carbocycles. The summed E-state index contributed by atoms with van der Waals surface area (Å²) >= 11 is 0. The standard InChI is InChI=1S/C19H30O/c1-2-3-7-20-17-9-11-8-16(17)19-15-10-14(18(11)19)12-5-4-6-13(12)15/h11-19H,2-10H2,1H3. The van der Waals surface area contributed by atoms with E-state index >= 15 is 0 Å². The second kappa shape index (κ2) is 4.48. The van der Waals surface area contributed by atoms with Crippen LogP contribution in [-0.4, -0.2) is 12.7 Å². The highest BCUT2D eigenvalue weighted by Gasteiger charge is 2.67. The number of hydrogen-bond acceptors (Lipinski definition) is 1. The van der Waals surface area contributed by atoms with Gasteiger partial charge >= 0.3 is 0 Å². The predicted octanol–water partition coefficient (Wildman–Crippen LogP) is 4.51. The van der Waals surface area contributed by atoms with Gasteiger partial charge in [-0.15, -0.1) is 0 Å². The summed E-state index contributed by atoms with van der Waals surface area (Å²) < 4.78 is 6.30. The first-order valence-electron chi connectivity index (χ1n) is 9.50. The van der Waals surface area contributed by atoms with Gasteiger partial charge in [-0.05, 0) is 85.9 Å². The number of ether oxygens (including phenoxy) is 1. The highest BCUT2D eigenvalue weighted by Crippen LogP contribution is 2.72. The van der Waals surface area contributed by atoms with Gasteiger partial charge in [0.05, 0.1) is 6.10 Å². The molecule has 0 saturated heterocycles. The van der Waals surface area contributed by atoms with Crippen LogP contribution in [-0.2, 0) is 4.74 Å². The van der Waals surface area contributed by atoms with E-state index in [0.717, 1.165) is 48.0 Å². The van der Waals surface area contributed by atoms with E-state index in [1.807, 2.05) is 0 Å². The van der Waals surface area contributed by atoms with Crippen LogP contribution in [0.4, 0.5) is 0 Å². The largest absolute Gasteiger partial charge is 0.378 e. The van der Waals surface area contributed by atoms with Gasteiger partial charge in [0.1, 0.15) is 0 Å². The van der Waals surface area contributed by atoms with Crippen molar-refractivity contribution in [3.63, 3.8) is 0 Å². The van der Waals surface area contributed by atoms with Crippen molar-refractivity contribution in [3.8, 4) is 0 Å². The maximum Gasteiger partial charge on any atom is 0.0609 e. The second-order valence-electron chi connectivity index (χ2n) is 8.63. The van der Waals surface area contributed by atoms with Crippen LogP contribution in [0.5, 0.6) is 0 Å². The molecule has 0 aromatic heterocycles. The highest BCUT2D eigenvalue weighted by atomic mass is 16.5. The van der Waals surface area contributed by atoms with E-state index in [4.69, 9.17) is 4.74 Å². The molecule has 5 aliphatic rings. The van der Waals surface area contributed by atoms with E-state index in [9.17, 15) is 0 Å². The third-order valence-electron chi connectivity index (χ3n) is 8.16. The van der Waals surface area contributed by atoms with Gasteiger partial charge in [0, 0.05) is 6.61 Å². The summed E-state index contributed by atoms with van der Waals surface area (Å²) in [6.45, 7) is 3.30. The minimum atomic E-state index is 0.659. The summed E-state index contributed by atoms with van der Waals surface area (Å²) in [5.41, 5.74) is 0. The third-order valence-corrected chi connectivity index (χ3v) is 8.16. The van der Waals surface area contributed by atoms with Gasteiger partial charge in [0.2, 0.25) is 0 Å². The molecule has 1 nitrogen and oxygen atoms in total. The number of unbranched alkanes of at least 4 members (excludes halogenated alkanes) is 1. The van der Waals surface area contributed by atoms with Crippen molar-refractivity contribution in [3.05, 3.63) is 0 Å². The van der Waals surface area contributed by atoms with Gasteiger partial charge in [-0.3, -0.25) is 0 Å². The molecule has 9 atom stereocenters. The summed E-state index contributed by atoms with van der Waals surface area (Å²) in [5.74, 6) is 8.89.